The topological polar surface area (TPSA) is 40.9 Å². The Morgan fingerprint density at radius 3 is 2.53 bits per heavy atom. The third-order valence-corrected chi connectivity index (χ3v) is 4.15. The molecule has 0 aliphatic carbocycles. The van der Waals surface area contributed by atoms with Crippen LogP contribution in [0.2, 0.25) is 0 Å². The molecule has 2 atom stereocenters. The lowest BCUT2D eigenvalue weighted by Gasteiger charge is -2.09. The second-order valence-corrected chi connectivity index (χ2v) is 5.56. The van der Waals surface area contributed by atoms with E-state index in [1.807, 2.05) is 30.3 Å². The Kier molecular flexibility index (Phi) is 4.43. The van der Waals surface area contributed by atoms with Crippen LogP contribution in [0.5, 0.6) is 0 Å². The number of hydrogen-bond donors (Lipinski definition) is 0. The van der Waals surface area contributed by atoms with Crippen LogP contribution in [0, 0.1) is 17.1 Å². The normalized spacial score (nSPS) is 13.5. The Morgan fingerprint density at radius 2 is 1.89 bits per heavy atom. The fourth-order valence-electron chi connectivity index (χ4n) is 1.75. The van der Waals surface area contributed by atoms with Gasteiger partial charge in [-0.15, -0.1) is 0 Å². The summed E-state index contributed by atoms with van der Waals surface area (Å²) in [7, 11) is -1.39. The van der Waals surface area contributed by atoms with Gasteiger partial charge in [-0.05, 0) is 23.8 Å². The molecule has 0 aromatic heterocycles. The largest absolute Gasteiger partial charge is 0.254 e. The van der Waals surface area contributed by atoms with Crippen molar-refractivity contribution in [3.05, 3.63) is 66.0 Å². The summed E-state index contributed by atoms with van der Waals surface area (Å²) < 4.78 is 25.2. The third-order valence-electron chi connectivity index (χ3n) is 2.73. The van der Waals surface area contributed by atoms with Crippen molar-refractivity contribution in [2.75, 3.05) is 5.75 Å². The van der Waals surface area contributed by atoms with Gasteiger partial charge in [-0.1, -0.05) is 36.4 Å². The quantitative estimate of drug-likeness (QED) is 0.858. The lowest BCUT2D eigenvalue weighted by molar-refractivity contribution is 0.622. The highest BCUT2D eigenvalue weighted by Crippen LogP contribution is 2.19. The lowest BCUT2D eigenvalue weighted by Crippen LogP contribution is -2.08. The van der Waals surface area contributed by atoms with Gasteiger partial charge >= 0.3 is 0 Å². The van der Waals surface area contributed by atoms with E-state index in [4.69, 9.17) is 0 Å². The van der Waals surface area contributed by atoms with Crippen molar-refractivity contribution in [1.82, 2.24) is 0 Å². The molecule has 19 heavy (non-hydrogen) atoms. The molecule has 2 aromatic carbocycles. The third kappa shape index (κ3) is 3.49. The maximum absolute atomic E-state index is 13.1. The van der Waals surface area contributed by atoms with Gasteiger partial charge in [-0.2, -0.15) is 5.26 Å². The van der Waals surface area contributed by atoms with E-state index in [-0.39, 0.29) is 5.75 Å². The van der Waals surface area contributed by atoms with Gasteiger partial charge in [0.05, 0.1) is 22.8 Å². The van der Waals surface area contributed by atoms with Crippen LogP contribution in [-0.2, 0) is 10.8 Å². The monoisotopic (exact) mass is 273 g/mol. The van der Waals surface area contributed by atoms with Crippen molar-refractivity contribution in [2.24, 2.45) is 0 Å². The van der Waals surface area contributed by atoms with Crippen LogP contribution in [0.15, 0.2) is 59.5 Å². The Hall–Kier alpha value is -1.99. The fraction of sp³-hybridized carbons (Fsp3) is 0.133. The molecule has 2 unspecified atom stereocenters. The summed E-state index contributed by atoms with van der Waals surface area (Å²) in [5, 5.41) is 9.17. The Balaban J connectivity index is 2.16. The Labute approximate surface area is 114 Å². The molecule has 0 saturated carbocycles. The lowest BCUT2D eigenvalue weighted by atomic mass is 10.0. The molecule has 2 aromatic rings. The van der Waals surface area contributed by atoms with Crippen molar-refractivity contribution >= 4 is 10.8 Å². The minimum atomic E-state index is -1.39. The predicted octanol–water partition coefficient (Wildman–Crippen LogP) is 3.24. The van der Waals surface area contributed by atoms with E-state index in [0.29, 0.717) is 4.90 Å². The minimum Gasteiger partial charge on any atom is -0.254 e. The van der Waals surface area contributed by atoms with E-state index in [1.165, 1.54) is 18.2 Å². The van der Waals surface area contributed by atoms with Crippen molar-refractivity contribution in [2.45, 2.75) is 10.8 Å². The van der Waals surface area contributed by atoms with Gasteiger partial charge in [0, 0.05) is 10.6 Å². The molecule has 0 saturated heterocycles. The first-order valence-corrected chi connectivity index (χ1v) is 7.11. The average molecular weight is 273 g/mol. The van der Waals surface area contributed by atoms with Crippen LogP contribution in [0.4, 0.5) is 4.39 Å². The molecule has 0 N–H and O–H groups in total. The number of benzene rings is 2. The molecule has 0 radical (unpaired) electrons. The van der Waals surface area contributed by atoms with Crippen LogP contribution < -0.4 is 0 Å². The van der Waals surface area contributed by atoms with Crippen molar-refractivity contribution < 1.29 is 8.60 Å². The molecule has 0 bridgehead atoms. The van der Waals surface area contributed by atoms with Gasteiger partial charge in [-0.25, -0.2) is 4.39 Å². The molecule has 4 heteroatoms. The number of hydrogen-bond acceptors (Lipinski definition) is 2. The molecule has 0 fully saturated rings. The molecule has 0 aliphatic heterocycles. The van der Waals surface area contributed by atoms with Crippen LogP contribution in [-0.4, -0.2) is 9.96 Å². The van der Waals surface area contributed by atoms with E-state index in [2.05, 4.69) is 6.07 Å². The van der Waals surface area contributed by atoms with Crippen LogP contribution >= 0.6 is 0 Å². The zero-order valence-electron chi connectivity index (χ0n) is 10.1. The number of nitriles is 1. The van der Waals surface area contributed by atoms with Crippen LogP contribution in [0.1, 0.15) is 11.5 Å². The summed E-state index contributed by atoms with van der Waals surface area (Å²) >= 11 is 0. The molecule has 0 heterocycles. The minimum absolute atomic E-state index is 0.171. The van der Waals surface area contributed by atoms with Crippen LogP contribution in [0.25, 0.3) is 0 Å². The zero-order chi connectivity index (χ0) is 13.7. The molecule has 0 amide bonds. The van der Waals surface area contributed by atoms with Gasteiger partial charge < -0.3 is 0 Å². The summed E-state index contributed by atoms with van der Waals surface area (Å²) in [6.45, 7) is 0. The molecular weight excluding hydrogens is 261 g/mol. The molecule has 2 rings (SSSR count). The predicted molar refractivity (Wildman–Crippen MR) is 72.5 cm³/mol. The highest BCUT2D eigenvalue weighted by molar-refractivity contribution is 7.85. The van der Waals surface area contributed by atoms with E-state index in [1.54, 1.807) is 6.07 Å². The van der Waals surface area contributed by atoms with Crippen molar-refractivity contribution in [3.63, 3.8) is 0 Å². The highest BCUT2D eigenvalue weighted by atomic mass is 32.2. The first kappa shape index (κ1) is 13.4. The van der Waals surface area contributed by atoms with Gasteiger partial charge in [0.1, 0.15) is 5.82 Å². The van der Waals surface area contributed by atoms with E-state index in [0.717, 1.165) is 5.56 Å². The second kappa shape index (κ2) is 6.26. The summed E-state index contributed by atoms with van der Waals surface area (Å²) in [5.74, 6) is -0.700. The van der Waals surface area contributed by atoms with Crippen LogP contribution in [0.3, 0.4) is 0 Å². The number of nitrogens with zero attached hydrogens (tertiary/aromatic N) is 1. The number of halogens is 1. The molecule has 0 aliphatic rings. The van der Waals surface area contributed by atoms with E-state index < -0.39 is 22.5 Å². The summed E-state index contributed by atoms with van der Waals surface area (Å²) in [4.78, 5) is 0.413. The fourth-order valence-corrected chi connectivity index (χ4v) is 2.99. The molecule has 2 nitrogen and oxygen atoms in total. The van der Waals surface area contributed by atoms with Gasteiger partial charge in [0.2, 0.25) is 0 Å². The average Bonchev–Trinajstić information content (AvgIpc) is 2.45. The van der Waals surface area contributed by atoms with E-state index in [9.17, 15) is 13.9 Å². The summed E-state index contributed by atoms with van der Waals surface area (Å²) in [6, 6.07) is 17.0. The SMILES string of the molecule is N#CC(CS(=O)c1cccc(F)c1)c1ccccc1. The smallest absolute Gasteiger partial charge is 0.124 e. The van der Waals surface area contributed by atoms with Gasteiger partial charge in [0.15, 0.2) is 0 Å². The van der Waals surface area contributed by atoms with Gasteiger partial charge in [-0.3, -0.25) is 4.21 Å². The van der Waals surface area contributed by atoms with Crippen molar-refractivity contribution in [1.29, 1.82) is 5.26 Å². The Morgan fingerprint density at radius 1 is 1.16 bits per heavy atom. The first-order chi connectivity index (χ1) is 9.20. The molecule has 96 valence electrons. The molecular formula is C15H12FNOS. The second-order valence-electron chi connectivity index (χ2n) is 4.06. The van der Waals surface area contributed by atoms with Crippen molar-refractivity contribution in [3.8, 4) is 6.07 Å². The van der Waals surface area contributed by atoms with E-state index >= 15 is 0 Å². The summed E-state index contributed by atoms with van der Waals surface area (Å²) in [5.41, 5.74) is 0.828. The first-order valence-electron chi connectivity index (χ1n) is 5.79. The Bertz CT molecular complexity index is 622. The standard InChI is InChI=1S/C15H12FNOS/c16-14-7-4-8-15(9-14)19(18)11-13(10-17)12-5-2-1-3-6-12/h1-9,13H,11H2. The summed E-state index contributed by atoms with van der Waals surface area (Å²) in [6.07, 6.45) is 0. The maximum Gasteiger partial charge on any atom is 0.124 e. The molecule has 0 spiro atoms. The zero-order valence-corrected chi connectivity index (χ0v) is 10.9. The number of rotatable bonds is 4. The highest BCUT2D eigenvalue weighted by Gasteiger charge is 2.15. The van der Waals surface area contributed by atoms with Gasteiger partial charge in [0.25, 0.3) is 0 Å². The maximum atomic E-state index is 13.1.